The molecule has 1 aromatic heterocycles. The Labute approximate surface area is 132 Å². The van der Waals surface area contributed by atoms with E-state index in [-0.39, 0.29) is 0 Å². The van der Waals surface area contributed by atoms with Crippen LogP contribution in [0, 0.1) is 11.3 Å². The fourth-order valence-corrected chi connectivity index (χ4v) is 3.20. The first-order chi connectivity index (χ1) is 9.64. The molecule has 0 radical (unpaired) electrons. The van der Waals surface area contributed by atoms with E-state index < -0.39 is 5.41 Å². The Morgan fingerprint density at radius 3 is 2.65 bits per heavy atom. The first-order valence-corrected chi connectivity index (χ1v) is 8.12. The number of hydrogen-bond acceptors (Lipinski definition) is 3. The molecule has 1 aromatic carbocycles. The fraction of sp³-hybridized carbons (Fsp3) is 0.250. The lowest BCUT2D eigenvalue weighted by atomic mass is 9.82. The Morgan fingerprint density at radius 2 is 2.05 bits per heavy atom. The SMILES string of the molecule is CC(C#N)(CCSc1ccc(Br)cc1)c1cccnc1. The Balaban J connectivity index is 1.98. The van der Waals surface area contributed by atoms with E-state index >= 15 is 0 Å². The number of aromatic nitrogens is 1. The molecule has 20 heavy (non-hydrogen) atoms. The van der Waals surface area contributed by atoms with Gasteiger partial charge in [0, 0.05) is 21.8 Å². The van der Waals surface area contributed by atoms with Crippen LogP contribution in [0.5, 0.6) is 0 Å². The monoisotopic (exact) mass is 346 g/mol. The van der Waals surface area contributed by atoms with E-state index in [9.17, 15) is 5.26 Å². The standard InChI is InChI=1S/C16H15BrN2S/c1-16(12-18,13-3-2-9-19-11-13)8-10-20-15-6-4-14(17)5-7-15/h2-7,9,11H,8,10H2,1H3. The number of nitrogens with zero attached hydrogens (tertiary/aromatic N) is 2. The van der Waals surface area contributed by atoms with Crippen molar-refractivity contribution in [3.05, 3.63) is 58.8 Å². The zero-order valence-electron chi connectivity index (χ0n) is 11.2. The van der Waals surface area contributed by atoms with Gasteiger partial charge in [-0.1, -0.05) is 22.0 Å². The van der Waals surface area contributed by atoms with Crippen LogP contribution in [0.25, 0.3) is 0 Å². The lowest BCUT2D eigenvalue weighted by Gasteiger charge is -2.21. The second-order valence-corrected chi connectivity index (χ2v) is 6.82. The third-order valence-electron chi connectivity index (χ3n) is 3.23. The van der Waals surface area contributed by atoms with Crippen LogP contribution in [0.15, 0.2) is 58.2 Å². The van der Waals surface area contributed by atoms with Crippen LogP contribution in [0.4, 0.5) is 0 Å². The van der Waals surface area contributed by atoms with Crippen LogP contribution in [0.1, 0.15) is 18.9 Å². The van der Waals surface area contributed by atoms with Crippen LogP contribution < -0.4 is 0 Å². The maximum absolute atomic E-state index is 9.48. The average Bonchev–Trinajstić information content (AvgIpc) is 2.50. The molecule has 0 saturated carbocycles. The van der Waals surface area contributed by atoms with E-state index in [0.29, 0.717) is 0 Å². The molecule has 0 N–H and O–H groups in total. The van der Waals surface area contributed by atoms with Gasteiger partial charge in [0.2, 0.25) is 0 Å². The van der Waals surface area contributed by atoms with E-state index in [1.807, 2.05) is 31.2 Å². The highest BCUT2D eigenvalue weighted by Gasteiger charge is 2.26. The van der Waals surface area contributed by atoms with Gasteiger partial charge in [0.25, 0.3) is 0 Å². The van der Waals surface area contributed by atoms with Gasteiger partial charge in [0.05, 0.1) is 11.5 Å². The Bertz CT molecular complexity index is 592. The highest BCUT2D eigenvalue weighted by atomic mass is 79.9. The van der Waals surface area contributed by atoms with Crippen LogP contribution in [0.3, 0.4) is 0 Å². The van der Waals surface area contributed by atoms with Crippen molar-refractivity contribution >= 4 is 27.7 Å². The third kappa shape index (κ3) is 3.84. The molecule has 0 aliphatic heterocycles. The molecule has 102 valence electrons. The normalized spacial score (nSPS) is 13.4. The van der Waals surface area contributed by atoms with Crippen molar-refractivity contribution in [1.29, 1.82) is 5.26 Å². The van der Waals surface area contributed by atoms with E-state index in [1.54, 1.807) is 24.2 Å². The quantitative estimate of drug-likeness (QED) is 0.729. The zero-order chi connectivity index (χ0) is 14.4. The average molecular weight is 347 g/mol. The smallest absolute Gasteiger partial charge is 0.0817 e. The fourth-order valence-electron chi connectivity index (χ4n) is 1.86. The molecule has 4 heteroatoms. The molecule has 0 amide bonds. The molecular weight excluding hydrogens is 332 g/mol. The molecule has 1 unspecified atom stereocenters. The zero-order valence-corrected chi connectivity index (χ0v) is 13.6. The number of hydrogen-bond donors (Lipinski definition) is 0. The highest BCUT2D eigenvalue weighted by molar-refractivity contribution is 9.10. The Kier molecular flexibility index (Phi) is 5.22. The van der Waals surface area contributed by atoms with E-state index in [0.717, 1.165) is 22.2 Å². The van der Waals surface area contributed by atoms with Crippen molar-refractivity contribution in [2.75, 3.05) is 5.75 Å². The number of pyridine rings is 1. The molecule has 0 bridgehead atoms. The first-order valence-electron chi connectivity index (χ1n) is 6.34. The Morgan fingerprint density at radius 1 is 1.30 bits per heavy atom. The summed E-state index contributed by atoms with van der Waals surface area (Å²) in [6.45, 7) is 1.98. The van der Waals surface area contributed by atoms with Crippen molar-refractivity contribution in [3.8, 4) is 6.07 Å². The van der Waals surface area contributed by atoms with Crippen molar-refractivity contribution in [2.45, 2.75) is 23.7 Å². The van der Waals surface area contributed by atoms with Gasteiger partial charge in [-0.05, 0) is 55.0 Å². The third-order valence-corrected chi connectivity index (χ3v) is 4.77. The molecule has 0 aliphatic carbocycles. The maximum Gasteiger partial charge on any atom is 0.0817 e. The summed E-state index contributed by atoms with van der Waals surface area (Å²) in [4.78, 5) is 5.33. The summed E-state index contributed by atoms with van der Waals surface area (Å²) in [5.41, 5.74) is 0.510. The minimum absolute atomic E-state index is 0.476. The van der Waals surface area contributed by atoms with Crippen LogP contribution in [0.2, 0.25) is 0 Å². The summed E-state index contributed by atoms with van der Waals surface area (Å²) >= 11 is 5.20. The molecular formula is C16H15BrN2S. The summed E-state index contributed by atoms with van der Waals surface area (Å²) in [6, 6.07) is 14.5. The van der Waals surface area contributed by atoms with Crippen LogP contribution in [-0.2, 0) is 5.41 Å². The topological polar surface area (TPSA) is 36.7 Å². The molecule has 2 rings (SSSR count). The van der Waals surface area contributed by atoms with Crippen molar-refractivity contribution in [3.63, 3.8) is 0 Å². The van der Waals surface area contributed by atoms with E-state index in [1.165, 1.54) is 4.90 Å². The minimum Gasteiger partial charge on any atom is -0.264 e. The van der Waals surface area contributed by atoms with Crippen molar-refractivity contribution < 1.29 is 0 Å². The predicted molar refractivity (Wildman–Crippen MR) is 86.7 cm³/mol. The summed E-state index contributed by atoms with van der Waals surface area (Å²) in [7, 11) is 0. The second kappa shape index (κ2) is 6.92. The molecule has 1 atom stereocenters. The molecule has 0 saturated heterocycles. The molecule has 0 aliphatic rings. The van der Waals surface area contributed by atoms with E-state index in [2.05, 4.69) is 39.1 Å². The van der Waals surface area contributed by atoms with Gasteiger partial charge in [0.15, 0.2) is 0 Å². The maximum atomic E-state index is 9.48. The predicted octanol–water partition coefficient (Wildman–Crippen LogP) is 4.81. The molecule has 2 aromatic rings. The summed E-state index contributed by atoms with van der Waals surface area (Å²) in [6.07, 6.45) is 4.32. The first kappa shape index (κ1) is 15.1. The number of halogens is 1. The van der Waals surface area contributed by atoms with E-state index in [4.69, 9.17) is 0 Å². The largest absolute Gasteiger partial charge is 0.264 e. The van der Waals surface area contributed by atoms with Gasteiger partial charge < -0.3 is 0 Å². The summed E-state index contributed by atoms with van der Waals surface area (Å²) in [5, 5.41) is 9.48. The van der Waals surface area contributed by atoms with Gasteiger partial charge in [-0.3, -0.25) is 4.98 Å². The molecule has 0 spiro atoms. The lowest BCUT2D eigenvalue weighted by molar-refractivity contribution is 0.590. The highest BCUT2D eigenvalue weighted by Crippen LogP contribution is 2.30. The lowest BCUT2D eigenvalue weighted by Crippen LogP contribution is -2.20. The number of nitriles is 1. The molecule has 2 nitrogen and oxygen atoms in total. The minimum atomic E-state index is -0.476. The van der Waals surface area contributed by atoms with Crippen LogP contribution >= 0.6 is 27.7 Å². The van der Waals surface area contributed by atoms with Gasteiger partial charge in [-0.25, -0.2) is 0 Å². The number of benzene rings is 1. The number of thioether (sulfide) groups is 1. The van der Waals surface area contributed by atoms with Gasteiger partial charge in [0.1, 0.15) is 0 Å². The van der Waals surface area contributed by atoms with Gasteiger partial charge in [-0.2, -0.15) is 5.26 Å². The second-order valence-electron chi connectivity index (χ2n) is 4.74. The van der Waals surface area contributed by atoms with Gasteiger partial charge >= 0.3 is 0 Å². The van der Waals surface area contributed by atoms with Crippen molar-refractivity contribution in [1.82, 2.24) is 4.98 Å². The van der Waals surface area contributed by atoms with Gasteiger partial charge in [-0.15, -0.1) is 11.8 Å². The summed E-state index contributed by atoms with van der Waals surface area (Å²) < 4.78 is 1.08. The Hall–Kier alpha value is -1.31. The van der Waals surface area contributed by atoms with Crippen molar-refractivity contribution in [2.24, 2.45) is 0 Å². The molecule has 0 fully saturated rings. The van der Waals surface area contributed by atoms with Crippen LogP contribution in [-0.4, -0.2) is 10.7 Å². The molecule has 1 heterocycles. The number of rotatable bonds is 5. The summed E-state index contributed by atoms with van der Waals surface area (Å²) in [5.74, 6) is 0.903.